The van der Waals surface area contributed by atoms with Gasteiger partial charge in [0.2, 0.25) is 21.7 Å². The van der Waals surface area contributed by atoms with Gasteiger partial charge in [-0.05, 0) is 38.1 Å². The number of benzene rings is 2. The highest BCUT2D eigenvalue weighted by molar-refractivity contribution is 7.92. The lowest BCUT2D eigenvalue weighted by Gasteiger charge is -2.18. The third-order valence-corrected chi connectivity index (χ3v) is 6.23. The van der Waals surface area contributed by atoms with Crippen molar-refractivity contribution in [3.05, 3.63) is 65.5 Å². The van der Waals surface area contributed by atoms with Gasteiger partial charge in [0.1, 0.15) is 0 Å². The molecule has 0 bridgehead atoms. The lowest BCUT2D eigenvalue weighted by molar-refractivity contribution is 0.0946. The molecule has 3 aromatic rings. The molecular formula is C20H22N4O4S. The van der Waals surface area contributed by atoms with E-state index in [4.69, 9.17) is 4.52 Å². The van der Waals surface area contributed by atoms with Gasteiger partial charge in [-0.2, -0.15) is 4.98 Å². The third kappa shape index (κ3) is 4.80. The number of nitrogens with zero attached hydrogens (tertiary/aromatic N) is 3. The summed E-state index contributed by atoms with van der Waals surface area (Å²) in [6.07, 6.45) is 0. The highest BCUT2D eigenvalue weighted by Crippen LogP contribution is 2.18. The van der Waals surface area contributed by atoms with Crippen molar-refractivity contribution < 1.29 is 17.7 Å². The van der Waals surface area contributed by atoms with Crippen LogP contribution in [0.15, 0.2) is 53.1 Å². The van der Waals surface area contributed by atoms with Crippen molar-refractivity contribution in [1.29, 1.82) is 0 Å². The van der Waals surface area contributed by atoms with Crippen molar-refractivity contribution in [3.8, 4) is 11.4 Å². The van der Waals surface area contributed by atoms with E-state index < -0.39 is 10.0 Å². The summed E-state index contributed by atoms with van der Waals surface area (Å²) >= 11 is 0. The minimum atomic E-state index is -3.35. The molecule has 0 aliphatic rings. The van der Waals surface area contributed by atoms with Crippen LogP contribution in [0.25, 0.3) is 11.4 Å². The molecule has 0 unspecified atom stereocenters. The number of anilines is 1. The third-order valence-electron chi connectivity index (χ3n) is 4.45. The maximum absolute atomic E-state index is 12.3. The van der Waals surface area contributed by atoms with Crippen LogP contribution in [0.3, 0.4) is 0 Å². The molecule has 0 saturated carbocycles. The quantitative estimate of drug-likeness (QED) is 0.637. The number of hydrogen-bond donors (Lipinski definition) is 1. The van der Waals surface area contributed by atoms with Crippen molar-refractivity contribution >= 4 is 21.6 Å². The fraction of sp³-hybridized carbons (Fsp3) is 0.250. The van der Waals surface area contributed by atoms with E-state index in [0.717, 1.165) is 11.1 Å². The number of carbonyl (C=O) groups is 1. The first kappa shape index (κ1) is 20.5. The molecule has 1 aromatic heterocycles. The first-order valence-corrected chi connectivity index (χ1v) is 10.7. The van der Waals surface area contributed by atoms with Crippen molar-refractivity contribution in [2.24, 2.45) is 0 Å². The van der Waals surface area contributed by atoms with Gasteiger partial charge < -0.3 is 9.84 Å². The Morgan fingerprint density at radius 3 is 2.38 bits per heavy atom. The summed E-state index contributed by atoms with van der Waals surface area (Å²) in [5, 5.41) is 6.64. The second kappa shape index (κ2) is 8.44. The molecule has 0 atom stereocenters. The Balaban J connectivity index is 1.62. The zero-order valence-corrected chi connectivity index (χ0v) is 17.2. The number of aromatic nitrogens is 2. The molecule has 0 aliphatic carbocycles. The van der Waals surface area contributed by atoms with Crippen LogP contribution in [0.2, 0.25) is 0 Å². The average molecular weight is 414 g/mol. The van der Waals surface area contributed by atoms with Crippen LogP contribution in [0.4, 0.5) is 5.69 Å². The lowest BCUT2D eigenvalue weighted by atomic mass is 10.1. The SMILES string of the molecule is CCS(=O)(=O)N(C)c1ccc(C(=O)NCc2nc(-c3ccc(C)cc3)no2)cc1. The molecule has 1 heterocycles. The number of hydrogen-bond acceptors (Lipinski definition) is 6. The molecule has 3 rings (SSSR count). The first-order chi connectivity index (χ1) is 13.8. The zero-order valence-electron chi connectivity index (χ0n) is 16.4. The lowest BCUT2D eigenvalue weighted by Crippen LogP contribution is -2.28. The van der Waals surface area contributed by atoms with Crippen LogP contribution in [0, 0.1) is 6.92 Å². The fourth-order valence-electron chi connectivity index (χ4n) is 2.58. The molecule has 9 heteroatoms. The van der Waals surface area contributed by atoms with E-state index in [1.165, 1.54) is 11.4 Å². The summed E-state index contributed by atoms with van der Waals surface area (Å²) in [6, 6.07) is 14.0. The molecule has 0 saturated heterocycles. The van der Waals surface area contributed by atoms with Crippen LogP contribution in [0.5, 0.6) is 0 Å². The van der Waals surface area contributed by atoms with Gasteiger partial charge in [-0.1, -0.05) is 35.0 Å². The minimum absolute atomic E-state index is 0.000493. The van der Waals surface area contributed by atoms with E-state index in [9.17, 15) is 13.2 Å². The van der Waals surface area contributed by atoms with Crippen LogP contribution >= 0.6 is 0 Å². The number of sulfonamides is 1. The van der Waals surface area contributed by atoms with Crippen molar-refractivity contribution in [2.45, 2.75) is 20.4 Å². The second-order valence-electron chi connectivity index (χ2n) is 6.48. The number of carbonyl (C=O) groups excluding carboxylic acids is 1. The predicted molar refractivity (Wildman–Crippen MR) is 110 cm³/mol. The fourth-order valence-corrected chi connectivity index (χ4v) is 3.41. The Hall–Kier alpha value is -3.20. The van der Waals surface area contributed by atoms with Crippen LogP contribution in [0.1, 0.15) is 28.7 Å². The highest BCUT2D eigenvalue weighted by Gasteiger charge is 2.16. The Bertz CT molecular complexity index is 1090. The van der Waals surface area contributed by atoms with Crippen molar-refractivity contribution in [3.63, 3.8) is 0 Å². The first-order valence-electron chi connectivity index (χ1n) is 9.04. The molecule has 1 amide bonds. The number of nitrogens with one attached hydrogen (secondary N) is 1. The summed E-state index contributed by atoms with van der Waals surface area (Å²) in [6.45, 7) is 3.66. The van der Waals surface area contributed by atoms with Gasteiger partial charge in [0.25, 0.3) is 5.91 Å². The molecular weight excluding hydrogens is 392 g/mol. The van der Waals surface area contributed by atoms with E-state index in [0.29, 0.717) is 23.0 Å². The minimum Gasteiger partial charge on any atom is -0.343 e. The smallest absolute Gasteiger partial charge is 0.251 e. The standard InChI is InChI=1S/C20H22N4O4S/c1-4-29(26,27)24(3)17-11-9-16(10-12-17)20(25)21-13-18-22-19(23-28-18)15-7-5-14(2)6-8-15/h5-12H,4,13H2,1-3H3,(H,21,25). The van der Waals surface area contributed by atoms with Gasteiger partial charge in [0, 0.05) is 18.2 Å². The largest absolute Gasteiger partial charge is 0.343 e. The van der Waals surface area contributed by atoms with Crippen molar-refractivity contribution in [2.75, 3.05) is 17.1 Å². The van der Waals surface area contributed by atoms with Crippen molar-refractivity contribution in [1.82, 2.24) is 15.5 Å². The molecule has 0 aliphatic heterocycles. The van der Waals surface area contributed by atoms with Crippen LogP contribution in [-0.2, 0) is 16.6 Å². The normalized spacial score (nSPS) is 11.3. The van der Waals surface area contributed by atoms with Crippen LogP contribution < -0.4 is 9.62 Å². The van der Waals surface area contributed by atoms with Gasteiger partial charge in [-0.3, -0.25) is 9.10 Å². The molecule has 29 heavy (non-hydrogen) atoms. The van der Waals surface area contributed by atoms with Gasteiger partial charge in [0.15, 0.2) is 0 Å². The maximum Gasteiger partial charge on any atom is 0.251 e. The summed E-state index contributed by atoms with van der Waals surface area (Å²) in [4.78, 5) is 16.6. The molecule has 2 aromatic carbocycles. The highest BCUT2D eigenvalue weighted by atomic mass is 32.2. The predicted octanol–water partition coefficient (Wildman–Crippen LogP) is 2.76. The monoisotopic (exact) mass is 414 g/mol. The average Bonchev–Trinajstić information content (AvgIpc) is 3.21. The Kier molecular flexibility index (Phi) is 5.97. The molecule has 1 N–H and O–H groups in total. The topological polar surface area (TPSA) is 105 Å². The van der Waals surface area contributed by atoms with Gasteiger partial charge in [-0.15, -0.1) is 0 Å². The second-order valence-corrected chi connectivity index (χ2v) is 8.76. The summed E-state index contributed by atoms with van der Waals surface area (Å²) < 4.78 is 30.2. The Labute approximate surface area is 169 Å². The number of aryl methyl sites for hydroxylation is 1. The zero-order chi connectivity index (χ0) is 21.0. The summed E-state index contributed by atoms with van der Waals surface area (Å²) in [5.41, 5.74) is 2.85. The molecule has 0 radical (unpaired) electrons. The van der Waals surface area contributed by atoms with Crippen LogP contribution in [-0.4, -0.2) is 37.3 Å². The summed E-state index contributed by atoms with van der Waals surface area (Å²) in [7, 11) is -1.87. The van der Waals surface area contributed by atoms with E-state index in [1.807, 2.05) is 31.2 Å². The van der Waals surface area contributed by atoms with Gasteiger partial charge in [-0.25, -0.2) is 8.42 Å². The van der Waals surface area contributed by atoms with E-state index in [2.05, 4.69) is 15.5 Å². The molecule has 152 valence electrons. The van der Waals surface area contributed by atoms with Gasteiger partial charge >= 0.3 is 0 Å². The maximum atomic E-state index is 12.3. The molecule has 8 nitrogen and oxygen atoms in total. The Morgan fingerprint density at radius 2 is 1.76 bits per heavy atom. The van der Waals surface area contributed by atoms with E-state index in [-0.39, 0.29) is 18.2 Å². The van der Waals surface area contributed by atoms with E-state index in [1.54, 1.807) is 31.2 Å². The Morgan fingerprint density at radius 1 is 1.10 bits per heavy atom. The summed E-state index contributed by atoms with van der Waals surface area (Å²) in [5.74, 6) is 0.422. The number of rotatable bonds is 7. The number of amides is 1. The van der Waals surface area contributed by atoms with E-state index >= 15 is 0 Å². The van der Waals surface area contributed by atoms with Gasteiger partial charge in [0.05, 0.1) is 18.0 Å². The molecule has 0 spiro atoms. The molecule has 0 fully saturated rings.